The Bertz CT molecular complexity index is 756. The lowest BCUT2D eigenvalue weighted by Gasteiger charge is -2.10. The first-order valence-corrected chi connectivity index (χ1v) is 6.59. The lowest BCUT2D eigenvalue weighted by molar-refractivity contribution is 0.430. The highest BCUT2D eigenvalue weighted by Crippen LogP contribution is 2.32. The van der Waals surface area contributed by atoms with E-state index in [0.29, 0.717) is 12.4 Å². The summed E-state index contributed by atoms with van der Waals surface area (Å²) >= 11 is 0. The van der Waals surface area contributed by atoms with E-state index in [1.54, 1.807) is 4.68 Å². The van der Waals surface area contributed by atoms with Gasteiger partial charge in [-0.2, -0.15) is 5.10 Å². The van der Waals surface area contributed by atoms with Gasteiger partial charge in [-0.05, 0) is 18.4 Å². The van der Waals surface area contributed by atoms with Gasteiger partial charge in [0, 0.05) is 19.0 Å². The molecule has 0 radical (unpaired) electrons. The molecule has 2 N–H and O–H groups in total. The molecule has 20 heavy (non-hydrogen) atoms. The molecule has 4 nitrogen and oxygen atoms in total. The smallest absolute Gasteiger partial charge is 0.222 e. The summed E-state index contributed by atoms with van der Waals surface area (Å²) in [7, 11) is 1.87. The van der Waals surface area contributed by atoms with E-state index in [2.05, 4.69) is 23.3 Å². The molecule has 0 fully saturated rings. The predicted molar refractivity (Wildman–Crippen MR) is 79.9 cm³/mol. The van der Waals surface area contributed by atoms with Crippen molar-refractivity contribution >= 4 is 10.8 Å². The van der Waals surface area contributed by atoms with E-state index >= 15 is 0 Å². The Morgan fingerprint density at radius 3 is 2.70 bits per heavy atom. The second-order valence-corrected chi connectivity index (χ2v) is 4.78. The fraction of sp³-hybridized carbons (Fsp3) is 0.188. The lowest BCUT2D eigenvalue weighted by Crippen LogP contribution is -2.01. The van der Waals surface area contributed by atoms with Gasteiger partial charge in [0.15, 0.2) is 0 Å². The maximum absolute atomic E-state index is 6.09. The van der Waals surface area contributed by atoms with Crippen LogP contribution >= 0.6 is 0 Å². The molecule has 1 heterocycles. The molecule has 3 aromatic rings. The summed E-state index contributed by atoms with van der Waals surface area (Å²) in [5.74, 6) is 1.53. The lowest BCUT2D eigenvalue weighted by atomic mass is 10.1. The highest BCUT2D eigenvalue weighted by atomic mass is 16.5. The minimum Gasteiger partial charge on any atom is -0.438 e. The van der Waals surface area contributed by atoms with Crippen molar-refractivity contribution in [1.82, 2.24) is 9.78 Å². The van der Waals surface area contributed by atoms with Crippen molar-refractivity contribution < 1.29 is 4.74 Å². The van der Waals surface area contributed by atoms with E-state index in [0.717, 1.165) is 27.8 Å². The maximum Gasteiger partial charge on any atom is 0.222 e. The van der Waals surface area contributed by atoms with Crippen molar-refractivity contribution in [2.45, 2.75) is 13.5 Å². The third kappa shape index (κ3) is 2.04. The van der Waals surface area contributed by atoms with Crippen molar-refractivity contribution in [1.29, 1.82) is 0 Å². The van der Waals surface area contributed by atoms with Crippen molar-refractivity contribution in [3.05, 3.63) is 53.7 Å². The minimum absolute atomic E-state index is 0.416. The van der Waals surface area contributed by atoms with Crippen LogP contribution in [0.3, 0.4) is 0 Å². The monoisotopic (exact) mass is 267 g/mol. The van der Waals surface area contributed by atoms with E-state index in [-0.39, 0.29) is 0 Å². The fourth-order valence-electron chi connectivity index (χ4n) is 2.43. The molecule has 0 bridgehead atoms. The van der Waals surface area contributed by atoms with Crippen LogP contribution < -0.4 is 10.5 Å². The van der Waals surface area contributed by atoms with Crippen molar-refractivity contribution in [2.24, 2.45) is 12.8 Å². The number of benzene rings is 2. The van der Waals surface area contributed by atoms with Gasteiger partial charge < -0.3 is 10.5 Å². The summed E-state index contributed by atoms with van der Waals surface area (Å²) < 4.78 is 7.82. The van der Waals surface area contributed by atoms with Gasteiger partial charge in [0.05, 0.1) is 11.3 Å². The number of nitrogens with two attached hydrogens (primary N) is 1. The molecular weight excluding hydrogens is 250 g/mol. The number of aromatic nitrogens is 2. The molecule has 0 saturated heterocycles. The van der Waals surface area contributed by atoms with Gasteiger partial charge in [0.25, 0.3) is 0 Å². The highest BCUT2D eigenvalue weighted by Gasteiger charge is 2.14. The van der Waals surface area contributed by atoms with Crippen LogP contribution in [0.15, 0.2) is 42.5 Å². The zero-order valence-electron chi connectivity index (χ0n) is 11.6. The SMILES string of the molecule is Cc1nn(C)c(Oc2cccc3ccccc23)c1CN. The van der Waals surface area contributed by atoms with E-state index < -0.39 is 0 Å². The average molecular weight is 267 g/mol. The molecule has 0 unspecified atom stereocenters. The normalized spacial score (nSPS) is 10.9. The number of hydrogen-bond donors (Lipinski definition) is 1. The van der Waals surface area contributed by atoms with Gasteiger partial charge in [-0.15, -0.1) is 0 Å². The van der Waals surface area contributed by atoms with Crippen LogP contribution in [-0.4, -0.2) is 9.78 Å². The first-order chi connectivity index (χ1) is 9.70. The van der Waals surface area contributed by atoms with Crippen LogP contribution in [0, 0.1) is 6.92 Å². The molecule has 2 aromatic carbocycles. The van der Waals surface area contributed by atoms with Gasteiger partial charge in [-0.25, -0.2) is 4.68 Å². The Morgan fingerprint density at radius 1 is 1.15 bits per heavy atom. The third-order valence-electron chi connectivity index (χ3n) is 3.45. The van der Waals surface area contributed by atoms with E-state index in [9.17, 15) is 0 Å². The van der Waals surface area contributed by atoms with Gasteiger partial charge in [-0.1, -0.05) is 36.4 Å². The Labute approximate surface area is 117 Å². The van der Waals surface area contributed by atoms with Gasteiger partial charge in [-0.3, -0.25) is 0 Å². The summed E-state index contributed by atoms with van der Waals surface area (Å²) in [5, 5.41) is 6.60. The first-order valence-electron chi connectivity index (χ1n) is 6.59. The standard InChI is InChI=1S/C16H17N3O/c1-11-14(10-17)16(19(2)18-11)20-15-9-5-7-12-6-3-4-8-13(12)15/h3-9H,10,17H2,1-2H3. The zero-order valence-corrected chi connectivity index (χ0v) is 11.6. The molecule has 0 aliphatic heterocycles. The number of fused-ring (bicyclic) bond motifs is 1. The predicted octanol–water partition coefficient (Wildman–Crippen LogP) is 3.13. The first kappa shape index (κ1) is 12.7. The average Bonchev–Trinajstić information content (AvgIpc) is 2.73. The fourth-order valence-corrected chi connectivity index (χ4v) is 2.43. The second kappa shape index (κ2) is 4.98. The van der Waals surface area contributed by atoms with Gasteiger partial charge >= 0.3 is 0 Å². The van der Waals surface area contributed by atoms with Crippen LogP contribution in [0.25, 0.3) is 10.8 Å². The zero-order chi connectivity index (χ0) is 14.1. The number of rotatable bonds is 3. The van der Waals surface area contributed by atoms with Crippen LogP contribution in [0.1, 0.15) is 11.3 Å². The minimum atomic E-state index is 0.416. The molecule has 3 rings (SSSR count). The summed E-state index contributed by atoms with van der Waals surface area (Å²) in [6.07, 6.45) is 0. The Hall–Kier alpha value is -2.33. The number of aryl methyl sites for hydroxylation is 2. The van der Waals surface area contributed by atoms with E-state index in [1.807, 2.05) is 38.2 Å². The quantitative estimate of drug-likeness (QED) is 0.793. The Kier molecular flexibility index (Phi) is 3.16. The van der Waals surface area contributed by atoms with Crippen LogP contribution in [0.5, 0.6) is 11.6 Å². The van der Waals surface area contributed by atoms with Crippen LogP contribution in [0.2, 0.25) is 0 Å². The molecule has 0 aliphatic rings. The molecule has 0 aliphatic carbocycles. The number of nitrogens with zero attached hydrogens (tertiary/aromatic N) is 2. The second-order valence-electron chi connectivity index (χ2n) is 4.78. The van der Waals surface area contributed by atoms with Gasteiger partial charge in [0.1, 0.15) is 5.75 Å². The largest absolute Gasteiger partial charge is 0.438 e. The highest BCUT2D eigenvalue weighted by molar-refractivity contribution is 5.88. The van der Waals surface area contributed by atoms with E-state index in [1.165, 1.54) is 0 Å². The van der Waals surface area contributed by atoms with Crippen molar-refractivity contribution in [3.8, 4) is 11.6 Å². The maximum atomic E-state index is 6.09. The molecule has 0 amide bonds. The van der Waals surface area contributed by atoms with Gasteiger partial charge in [0.2, 0.25) is 5.88 Å². The molecule has 102 valence electrons. The van der Waals surface area contributed by atoms with Crippen LogP contribution in [-0.2, 0) is 13.6 Å². The van der Waals surface area contributed by atoms with Crippen LogP contribution in [0.4, 0.5) is 0 Å². The summed E-state index contributed by atoms with van der Waals surface area (Å²) in [6.45, 7) is 2.36. The topological polar surface area (TPSA) is 53.1 Å². The van der Waals surface area contributed by atoms with Crippen molar-refractivity contribution in [3.63, 3.8) is 0 Å². The molecule has 0 saturated carbocycles. The summed E-state index contributed by atoms with van der Waals surface area (Å²) in [6, 6.07) is 14.2. The third-order valence-corrected chi connectivity index (χ3v) is 3.45. The molecule has 1 aromatic heterocycles. The van der Waals surface area contributed by atoms with Crippen molar-refractivity contribution in [2.75, 3.05) is 0 Å². The number of ether oxygens (including phenoxy) is 1. The Balaban J connectivity index is 2.10. The summed E-state index contributed by atoms with van der Waals surface area (Å²) in [4.78, 5) is 0. The molecule has 4 heteroatoms. The number of hydrogen-bond acceptors (Lipinski definition) is 3. The summed E-state index contributed by atoms with van der Waals surface area (Å²) in [5.41, 5.74) is 7.65. The molecular formula is C16H17N3O. The van der Waals surface area contributed by atoms with E-state index in [4.69, 9.17) is 10.5 Å². The molecule has 0 atom stereocenters. The molecule has 0 spiro atoms. The Morgan fingerprint density at radius 2 is 1.90 bits per heavy atom.